The average Bonchev–Trinajstić information content (AvgIpc) is 3.25. The molecule has 0 bridgehead atoms. The first kappa shape index (κ1) is 18.3. The van der Waals surface area contributed by atoms with Gasteiger partial charge in [-0.15, -0.1) is 0 Å². The van der Waals surface area contributed by atoms with Crippen LogP contribution in [0.2, 0.25) is 0 Å². The van der Waals surface area contributed by atoms with Crippen molar-refractivity contribution in [2.24, 2.45) is 0 Å². The van der Waals surface area contributed by atoms with Crippen molar-refractivity contribution in [3.8, 4) is 0 Å². The molecule has 0 spiro atoms. The van der Waals surface area contributed by atoms with Gasteiger partial charge < -0.3 is 4.57 Å². The van der Waals surface area contributed by atoms with E-state index in [-0.39, 0.29) is 17.1 Å². The smallest absolute Gasteiger partial charge is 0.197 e. The molecular formula is C27H21NO2. The van der Waals surface area contributed by atoms with Crippen molar-refractivity contribution in [2.45, 2.75) is 19.9 Å². The molecule has 0 atom stereocenters. The number of nitrogens with zero attached hydrogens (tertiary/aromatic N) is 1. The van der Waals surface area contributed by atoms with Crippen LogP contribution in [0.4, 0.5) is 0 Å². The summed E-state index contributed by atoms with van der Waals surface area (Å²) in [7, 11) is 0. The number of aromatic nitrogens is 1. The molecule has 5 rings (SSSR count). The Morgan fingerprint density at radius 3 is 2.13 bits per heavy atom. The average molecular weight is 391 g/mol. The van der Waals surface area contributed by atoms with Gasteiger partial charge in [-0.25, -0.2) is 0 Å². The molecule has 0 saturated carbocycles. The number of para-hydroxylation sites is 1. The summed E-state index contributed by atoms with van der Waals surface area (Å²) < 4.78 is 2.23. The molecule has 1 aliphatic rings. The van der Waals surface area contributed by atoms with Gasteiger partial charge in [0.15, 0.2) is 11.6 Å². The van der Waals surface area contributed by atoms with Crippen molar-refractivity contribution in [3.05, 3.63) is 112 Å². The number of allylic oxidation sites excluding steroid dienone is 1. The van der Waals surface area contributed by atoms with Gasteiger partial charge in [0.25, 0.3) is 0 Å². The summed E-state index contributed by atoms with van der Waals surface area (Å²) in [6.07, 6.45) is 4.75. The van der Waals surface area contributed by atoms with Crippen LogP contribution < -0.4 is 0 Å². The minimum Gasteiger partial charge on any atom is -0.342 e. The van der Waals surface area contributed by atoms with Crippen molar-refractivity contribution in [2.75, 3.05) is 0 Å². The highest BCUT2D eigenvalue weighted by Crippen LogP contribution is 2.32. The van der Waals surface area contributed by atoms with Gasteiger partial charge in [-0.1, -0.05) is 79.7 Å². The van der Waals surface area contributed by atoms with Gasteiger partial charge in [0.05, 0.1) is 11.1 Å². The Morgan fingerprint density at radius 1 is 0.800 bits per heavy atom. The number of carbonyl (C=O) groups excluding carboxylic acids is 2. The fourth-order valence-corrected chi connectivity index (χ4v) is 4.33. The van der Waals surface area contributed by atoms with E-state index >= 15 is 0 Å². The van der Waals surface area contributed by atoms with Crippen LogP contribution in [0.5, 0.6) is 0 Å². The van der Waals surface area contributed by atoms with E-state index in [9.17, 15) is 9.59 Å². The van der Waals surface area contributed by atoms with E-state index in [2.05, 4.69) is 42.0 Å². The predicted molar refractivity (Wildman–Crippen MR) is 120 cm³/mol. The van der Waals surface area contributed by atoms with Crippen molar-refractivity contribution in [1.29, 1.82) is 0 Å². The first-order chi connectivity index (χ1) is 14.7. The first-order valence-corrected chi connectivity index (χ1v) is 10.2. The highest BCUT2D eigenvalue weighted by molar-refractivity contribution is 6.41. The molecule has 0 aliphatic heterocycles. The minimum absolute atomic E-state index is 0.189. The Balaban J connectivity index is 1.67. The van der Waals surface area contributed by atoms with Crippen LogP contribution in [0, 0.1) is 0 Å². The molecule has 1 aromatic heterocycles. The largest absolute Gasteiger partial charge is 0.342 e. The number of Topliss-reactive ketones (excluding diaryl/α,β-unsaturated/α-hetero) is 2. The molecule has 0 fully saturated rings. The number of aryl methyl sites for hydroxylation is 1. The van der Waals surface area contributed by atoms with Gasteiger partial charge in [-0.3, -0.25) is 9.59 Å². The second kappa shape index (κ2) is 7.27. The van der Waals surface area contributed by atoms with E-state index in [0.29, 0.717) is 11.1 Å². The third-order valence-corrected chi connectivity index (χ3v) is 5.79. The normalized spacial score (nSPS) is 13.2. The monoisotopic (exact) mass is 391 g/mol. The van der Waals surface area contributed by atoms with Gasteiger partial charge in [0.2, 0.25) is 0 Å². The summed E-state index contributed by atoms with van der Waals surface area (Å²) in [6, 6.07) is 23.6. The van der Waals surface area contributed by atoms with E-state index < -0.39 is 0 Å². The lowest BCUT2D eigenvalue weighted by Crippen LogP contribution is -2.00. The molecule has 0 amide bonds. The zero-order valence-electron chi connectivity index (χ0n) is 16.8. The third kappa shape index (κ3) is 2.91. The molecular weight excluding hydrogens is 370 g/mol. The lowest BCUT2D eigenvalue weighted by molar-refractivity contribution is 0.0990. The second-order valence-corrected chi connectivity index (χ2v) is 7.63. The number of hydrogen-bond acceptors (Lipinski definition) is 2. The van der Waals surface area contributed by atoms with Gasteiger partial charge in [-0.2, -0.15) is 0 Å². The number of benzene rings is 3. The molecule has 1 aliphatic carbocycles. The predicted octanol–water partition coefficient (Wildman–Crippen LogP) is 5.71. The molecule has 3 aromatic carbocycles. The van der Waals surface area contributed by atoms with Gasteiger partial charge in [0.1, 0.15) is 0 Å². The van der Waals surface area contributed by atoms with Crippen LogP contribution in [0.15, 0.2) is 84.6 Å². The molecule has 0 unspecified atom stereocenters. The minimum atomic E-state index is -0.189. The van der Waals surface area contributed by atoms with Crippen LogP contribution in [0.3, 0.4) is 0 Å². The summed E-state index contributed by atoms with van der Waals surface area (Å²) >= 11 is 0. The number of rotatable bonds is 4. The number of carbonyl (C=O) groups is 2. The Bertz CT molecular complexity index is 1290. The number of ketones is 2. The second-order valence-electron chi connectivity index (χ2n) is 7.63. The molecule has 3 heteroatoms. The fourth-order valence-electron chi connectivity index (χ4n) is 4.33. The maximum atomic E-state index is 12.9. The summed E-state index contributed by atoms with van der Waals surface area (Å²) in [5.74, 6) is -0.377. The maximum absolute atomic E-state index is 12.9. The van der Waals surface area contributed by atoms with E-state index in [1.54, 1.807) is 30.3 Å². The Morgan fingerprint density at radius 2 is 1.47 bits per heavy atom. The lowest BCUT2D eigenvalue weighted by Gasteiger charge is -2.08. The van der Waals surface area contributed by atoms with Crippen molar-refractivity contribution < 1.29 is 9.59 Å². The van der Waals surface area contributed by atoms with Crippen molar-refractivity contribution in [3.63, 3.8) is 0 Å². The molecule has 30 heavy (non-hydrogen) atoms. The molecule has 1 heterocycles. The van der Waals surface area contributed by atoms with Crippen LogP contribution in [0.1, 0.15) is 44.3 Å². The van der Waals surface area contributed by atoms with Crippen molar-refractivity contribution >= 4 is 28.5 Å². The SMILES string of the molecule is CCc1cccc2c(C=C3C(=O)c4ccccc4C3=O)cn(Cc3ccccc3)c12. The fraction of sp³-hybridized carbons (Fsp3) is 0.111. The number of fused-ring (bicyclic) bond motifs is 2. The van der Waals surface area contributed by atoms with Crippen LogP contribution in [-0.4, -0.2) is 16.1 Å². The highest BCUT2D eigenvalue weighted by Gasteiger charge is 2.32. The van der Waals surface area contributed by atoms with Gasteiger partial charge >= 0.3 is 0 Å². The third-order valence-electron chi connectivity index (χ3n) is 5.79. The van der Waals surface area contributed by atoms with Gasteiger partial charge in [-0.05, 0) is 23.6 Å². The zero-order chi connectivity index (χ0) is 20.7. The number of hydrogen-bond donors (Lipinski definition) is 0. The maximum Gasteiger partial charge on any atom is 0.197 e. The summed E-state index contributed by atoms with van der Waals surface area (Å²) in [5.41, 5.74) is 5.76. The molecule has 4 aromatic rings. The summed E-state index contributed by atoms with van der Waals surface area (Å²) in [6.45, 7) is 2.88. The zero-order valence-corrected chi connectivity index (χ0v) is 16.8. The Kier molecular flexibility index (Phi) is 4.44. The van der Waals surface area contributed by atoms with Crippen LogP contribution >= 0.6 is 0 Å². The first-order valence-electron chi connectivity index (χ1n) is 10.2. The standard InChI is InChI=1S/C27H21NO2/c1-2-19-11-8-14-21-20(17-28(25(19)21)16-18-9-4-3-5-10-18)15-24-26(29)22-12-6-7-13-23(22)27(24)30/h3-15,17H,2,16H2,1H3. The Labute approximate surface area is 175 Å². The summed E-state index contributed by atoms with van der Waals surface area (Å²) in [4.78, 5) is 25.7. The quantitative estimate of drug-likeness (QED) is 0.330. The summed E-state index contributed by atoms with van der Waals surface area (Å²) in [5, 5.41) is 1.06. The molecule has 0 N–H and O–H groups in total. The molecule has 0 saturated heterocycles. The molecule has 0 radical (unpaired) electrons. The van der Waals surface area contributed by atoms with Crippen LogP contribution in [-0.2, 0) is 13.0 Å². The topological polar surface area (TPSA) is 39.1 Å². The van der Waals surface area contributed by atoms with Crippen molar-refractivity contribution in [1.82, 2.24) is 4.57 Å². The molecule has 146 valence electrons. The van der Waals surface area contributed by atoms with E-state index in [1.165, 1.54) is 11.1 Å². The van der Waals surface area contributed by atoms with E-state index in [0.717, 1.165) is 29.4 Å². The molecule has 3 nitrogen and oxygen atoms in total. The van der Waals surface area contributed by atoms with Gasteiger partial charge in [0, 0.05) is 34.8 Å². The Hall–Kier alpha value is -3.72. The van der Waals surface area contributed by atoms with E-state index in [1.807, 2.05) is 24.3 Å². The lowest BCUT2D eigenvalue weighted by atomic mass is 10.0. The van der Waals surface area contributed by atoms with E-state index in [4.69, 9.17) is 0 Å². The highest BCUT2D eigenvalue weighted by atomic mass is 16.2. The van der Waals surface area contributed by atoms with Crippen LogP contribution in [0.25, 0.3) is 17.0 Å².